The minimum Gasteiger partial charge on any atom is -0.445 e. The molecule has 0 aromatic heterocycles. The first-order valence-corrected chi connectivity index (χ1v) is 7.82. The number of carbonyl (C=O) groups excluding carboxylic acids is 2. The van der Waals surface area contributed by atoms with Crippen LogP contribution in [-0.4, -0.2) is 23.8 Å². The van der Waals surface area contributed by atoms with Crippen molar-refractivity contribution < 1.29 is 14.3 Å². The average molecular weight is 342 g/mol. The summed E-state index contributed by atoms with van der Waals surface area (Å²) in [6.45, 7) is 2.58. The van der Waals surface area contributed by atoms with Crippen LogP contribution in [0.1, 0.15) is 25.3 Å². The van der Waals surface area contributed by atoms with Gasteiger partial charge in [0.05, 0.1) is 5.33 Å². The van der Waals surface area contributed by atoms with Crippen LogP contribution in [0.2, 0.25) is 0 Å². The molecule has 1 aromatic rings. The van der Waals surface area contributed by atoms with Crippen molar-refractivity contribution in [3.8, 4) is 0 Å². The van der Waals surface area contributed by atoms with Gasteiger partial charge in [-0.2, -0.15) is 0 Å². The Morgan fingerprint density at radius 3 is 2.60 bits per heavy atom. The predicted molar refractivity (Wildman–Crippen MR) is 81.8 cm³/mol. The Labute approximate surface area is 128 Å². The molecular formula is C15H20BrNO3. The van der Waals surface area contributed by atoms with Gasteiger partial charge in [0.25, 0.3) is 0 Å². The van der Waals surface area contributed by atoms with Crippen molar-refractivity contribution in [3.05, 3.63) is 35.9 Å². The van der Waals surface area contributed by atoms with E-state index < -0.39 is 6.09 Å². The van der Waals surface area contributed by atoms with Crippen molar-refractivity contribution in [2.45, 2.75) is 26.4 Å². The van der Waals surface area contributed by atoms with Gasteiger partial charge in [0.15, 0.2) is 0 Å². The van der Waals surface area contributed by atoms with Gasteiger partial charge >= 0.3 is 6.09 Å². The highest BCUT2D eigenvalue weighted by molar-refractivity contribution is 9.09. The van der Waals surface area contributed by atoms with Gasteiger partial charge in [0, 0.05) is 12.5 Å². The zero-order valence-corrected chi connectivity index (χ0v) is 13.2. The molecular weight excluding hydrogens is 322 g/mol. The molecule has 20 heavy (non-hydrogen) atoms. The number of alkyl carbamates (subject to hydrolysis) is 1. The van der Waals surface area contributed by atoms with E-state index in [0.29, 0.717) is 11.9 Å². The maximum Gasteiger partial charge on any atom is 0.407 e. The largest absolute Gasteiger partial charge is 0.445 e. The van der Waals surface area contributed by atoms with Gasteiger partial charge in [-0.1, -0.05) is 59.6 Å². The molecule has 0 radical (unpaired) electrons. The quantitative estimate of drug-likeness (QED) is 0.738. The number of hydrogen-bond acceptors (Lipinski definition) is 3. The summed E-state index contributed by atoms with van der Waals surface area (Å²) in [6, 6.07) is 9.47. The lowest BCUT2D eigenvalue weighted by Gasteiger charge is -2.14. The van der Waals surface area contributed by atoms with E-state index in [1.807, 2.05) is 37.3 Å². The molecule has 0 fully saturated rings. The molecule has 0 aliphatic rings. The molecule has 4 nitrogen and oxygen atoms in total. The number of benzene rings is 1. The third-order valence-corrected chi connectivity index (χ3v) is 3.48. The second kappa shape index (κ2) is 9.53. The molecule has 1 aromatic carbocycles. The highest BCUT2D eigenvalue weighted by atomic mass is 79.9. The van der Waals surface area contributed by atoms with Gasteiger partial charge in [0.2, 0.25) is 0 Å². The van der Waals surface area contributed by atoms with Gasteiger partial charge in [-0.25, -0.2) is 4.79 Å². The van der Waals surface area contributed by atoms with Crippen molar-refractivity contribution in [2.24, 2.45) is 5.92 Å². The number of rotatable bonds is 8. The Kier molecular flexibility index (Phi) is 7.95. The number of ketones is 1. The van der Waals surface area contributed by atoms with Crippen LogP contribution in [0.25, 0.3) is 0 Å². The van der Waals surface area contributed by atoms with Crippen LogP contribution in [0.3, 0.4) is 0 Å². The topological polar surface area (TPSA) is 55.4 Å². The smallest absolute Gasteiger partial charge is 0.407 e. The van der Waals surface area contributed by atoms with Gasteiger partial charge in [-0.05, 0) is 12.0 Å². The predicted octanol–water partition coefficient (Wildman–Crippen LogP) is 3.29. The first kappa shape index (κ1) is 16.7. The highest BCUT2D eigenvalue weighted by Gasteiger charge is 2.17. The molecule has 1 unspecified atom stereocenters. The molecule has 1 amide bonds. The molecule has 0 saturated heterocycles. The van der Waals surface area contributed by atoms with Crippen LogP contribution < -0.4 is 5.32 Å². The van der Waals surface area contributed by atoms with E-state index in [9.17, 15) is 9.59 Å². The lowest BCUT2D eigenvalue weighted by atomic mass is 10.00. The third-order valence-electron chi connectivity index (χ3n) is 2.93. The summed E-state index contributed by atoms with van der Waals surface area (Å²) < 4.78 is 5.10. The lowest BCUT2D eigenvalue weighted by Crippen LogP contribution is -2.33. The van der Waals surface area contributed by atoms with Crippen LogP contribution in [-0.2, 0) is 16.1 Å². The summed E-state index contributed by atoms with van der Waals surface area (Å²) in [6.07, 6.45) is 1.19. The molecule has 1 rings (SSSR count). The zero-order valence-electron chi connectivity index (χ0n) is 11.6. The molecule has 5 heteroatoms. The molecule has 0 aliphatic heterocycles. The molecule has 1 N–H and O–H groups in total. The minimum absolute atomic E-state index is 0.107. The Hall–Kier alpha value is -1.36. The molecule has 0 bridgehead atoms. The second-order valence-electron chi connectivity index (χ2n) is 4.53. The first-order chi connectivity index (χ1) is 9.67. The van der Waals surface area contributed by atoms with Crippen LogP contribution in [0.5, 0.6) is 0 Å². The fraction of sp³-hybridized carbons (Fsp3) is 0.467. The molecule has 1 atom stereocenters. The number of ether oxygens (including phenoxy) is 1. The molecule has 0 spiro atoms. The lowest BCUT2D eigenvalue weighted by molar-refractivity contribution is -0.120. The maximum absolute atomic E-state index is 11.7. The molecule has 110 valence electrons. The van der Waals surface area contributed by atoms with E-state index in [4.69, 9.17) is 4.74 Å². The SMILES string of the molecule is CCCC(CNC(=O)OCc1ccccc1)C(=O)CBr. The molecule has 0 saturated carbocycles. The summed E-state index contributed by atoms with van der Waals surface area (Å²) in [7, 11) is 0. The molecule has 0 heterocycles. The van der Waals surface area contributed by atoms with Crippen molar-refractivity contribution in [1.82, 2.24) is 5.32 Å². The number of halogens is 1. The minimum atomic E-state index is -0.489. The van der Waals surface area contributed by atoms with Crippen molar-refractivity contribution >= 4 is 27.8 Å². The van der Waals surface area contributed by atoms with E-state index in [0.717, 1.165) is 18.4 Å². The summed E-state index contributed by atoms with van der Waals surface area (Å²) in [4.78, 5) is 23.2. The van der Waals surface area contributed by atoms with E-state index in [1.54, 1.807) is 0 Å². The van der Waals surface area contributed by atoms with Crippen LogP contribution in [0, 0.1) is 5.92 Å². The summed E-state index contributed by atoms with van der Waals surface area (Å²) in [5.74, 6) is -0.0427. The number of amides is 1. The van der Waals surface area contributed by atoms with E-state index in [-0.39, 0.29) is 18.3 Å². The molecule has 0 aliphatic carbocycles. The maximum atomic E-state index is 11.7. The standard InChI is InChI=1S/C15H20BrNO3/c1-2-6-13(14(18)9-16)10-17-15(19)20-11-12-7-4-3-5-8-12/h3-5,7-8,13H,2,6,9-11H2,1H3,(H,17,19). The van der Waals surface area contributed by atoms with E-state index >= 15 is 0 Å². The fourth-order valence-electron chi connectivity index (χ4n) is 1.82. The van der Waals surface area contributed by atoms with Gasteiger partial charge in [-0.15, -0.1) is 0 Å². The number of alkyl halides is 1. The monoisotopic (exact) mass is 341 g/mol. The number of hydrogen-bond donors (Lipinski definition) is 1. The van der Waals surface area contributed by atoms with Crippen LogP contribution in [0.15, 0.2) is 30.3 Å². The third kappa shape index (κ3) is 6.19. The number of Topliss-reactive ketones (excluding diaryl/α,β-unsaturated/α-hetero) is 1. The van der Waals surface area contributed by atoms with Gasteiger partial charge in [0.1, 0.15) is 12.4 Å². The van der Waals surface area contributed by atoms with Crippen molar-refractivity contribution in [1.29, 1.82) is 0 Å². The normalized spacial score (nSPS) is 11.7. The summed E-state index contributed by atoms with van der Waals surface area (Å²) in [5, 5.41) is 2.97. The van der Waals surface area contributed by atoms with E-state index in [1.165, 1.54) is 0 Å². The van der Waals surface area contributed by atoms with Crippen LogP contribution in [0.4, 0.5) is 4.79 Å². The average Bonchev–Trinajstić information content (AvgIpc) is 2.49. The Morgan fingerprint density at radius 2 is 2.00 bits per heavy atom. The van der Waals surface area contributed by atoms with Crippen LogP contribution >= 0.6 is 15.9 Å². The second-order valence-corrected chi connectivity index (χ2v) is 5.09. The van der Waals surface area contributed by atoms with Gasteiger partial charge in [-0.3, -0.25) is 4.79 Å². The Bertz CT molecular complexity index is 422. The van der Waals surface area contributed by atoms with Crippen molar-refractivity contribution in [2.75, 3.05) is 11.9 Å². The van der Waals surface area contributed by atoms with Crippen molar-refractivity contribution in [3.63, 3.8) is 0 Å². The first-order valence-electron chi connectivity index (χ1n) is 6.70. The van der Waals surface area contributed by atoms with Gasteiger partial charge < -0.3 is 10.1 Å². The Morgan fingerprint density at radius 1 is 1.30 bits per heavy atom. The summed E-state index contributed by atoms with van der Waals surface area (Å²) >= 11 is 3.16. The highest BCUT2D eigenvalue weighted by Crippen LogP contribution is 2.08. The Balaban J connectivity index is 2.32. The number of carbonyl (C=O) groups is 2. The number of nitrogens with one attached hydrogen (secondary N) is 1. The zero-order chi connectivity index (χ0) is 14.8. The summed E-state index contributed by atoms with van der Waals surface area (Å²) in [5.41, 5.74) is 0.935. The van der Waals surface area contributed by atoms with E-state index in [2.05, 4.69) is 21.2 Å². The fourth-order valence-corrected chi connectivity index (χ4v) is 2.27.